The van der Waals surface area contributed by atoms with E-state index in [4.69, 9.17) is 9.47 Å². The number of aromatic nitrogens is 3. The van der Waals surface area contributed by atoms with Gasteiger partial charge >= 0.3 is 6.18 Å². The lowest BCUT2D eigenvalue weighted by molar-refractivity contribution is -0.137. The van der Waals surface area contributed by atoms with Crippen molar-refractivity contribution in [2.75, 3.05) is 18.5 Å². The molecule has 0 saturated carbocycles. The van der Waals surface area contributed by atoms with Gasteiger partial charge in [0.1, 0.15) is 12.4 Å². The normalized spacial score (nSPS) is 15.4. The summed E-state index contributed by atoms with van der Waals surface area (Å²) in [7, 11) is 0. The number of hydrogen-bond donors (Lipinski definition) is 1. The Hall–Kier alpha value is -4.18. The monoisotopic (exact) mass is 522 g/mol. The first-order chi connectivity index (χ1) is 18.3. The van der Waals surface area contributed by atoms with Crippen molar-refractivity contribution in [1.29, 1.82) is 0 Å². The van der Waals surface area contributed by atoms with Crippen molar-refractivity contribution in [3.05, 3.63) is 90.0 Å². The number of amides is 1. The van der Waals surface area contributed by atoms with Crippen molar-refractivity contribution in [1.82, 2.24) is 14.8 Å². The number of nitrogens with one attached hydrogen (secondary N) is 1. The van der Waals surface area contributed by atoms with E-state index in [1.807, 2.05) is 13.1 Å². The van der Waals surface area contributed by atoms with Crippen molar-refractivity contribution in [2.45, 2.75) is 32.0 Å². The maximum atomic E-state index is 13.0. The first kappa shape index (κ1) is 25.5. The molecule has 1 amide bonds. The summed E-state index contributed by atoms with van der Waals surface area (Å²) in [6, 6.07) is 11.3. The topological polar surface area (TPSA) is 78.3 Å². The predicted molar refractivity (Wildman–Crippen MR) is 135 cm³/mol. The third kappa shape index (κ3) is 5.70. The zero-order valence-electron chi connectivity index (χ0n) is 20.5. The lowest BCUT2D eigenvalue weighted by atomic mass is 10.1. The summed E-state index contributed by atoms with van der Waals surface area (Å²) in [6.07, 6.45) is 4.45. The van der Waals surface area contributed by atoms with E-state index in [1.54, 1.807) is 47.5 Å². The van der Waals surface area contributed by atoms with Crippen LogP contribution in [0.3, 0.4) is 0 Å². The molecule has 4 aromatic rings. The molecule has 1 saturated heterocycles. The summed E-state index contributed by atoms with van der Waals surface area (Å²) >= 11 is 0. The molecule has 1 N–H and O–H groups in total. The standard InChI is InChI=1S/C28H25F3N4O3/c1-18-7-8-22(34-27(36)19-4-2-5-21(12-19)28(29,30)31)13-25(18)35-16-20(14-33-35)24-15-32-10-9-26(24)38-17-23-6-3-11-37-23/h2,4-5,7-10,12-16,23H,3,6,11,17H2,1H3,(H,34,36). The Morgan fingerprint density at radius 2 is 2.05 bits per heavy atom. The zero-order valence-corrected chi connectivity index (χ0v) is 20.5. The van der Waals surface area contributed by atoms with Crippen LogP contribution in [0.4, 0.5) is 18.9 Å². The zero-order chi connectivity index (χ0) is 26.7. The molecule has 0 aliphatic carbocycles. The van der Waals surface area contributed by atoms with E-state index in [-0.39, 0.29) is 11.7 Å². The van der Waals surface area contributed by atoms with Crippen LogP contribution in [-0.4, -0.2) is 40.0 Å². The van der Waals surface area contributed by atoms with Gasteiger partial charge in [-0.1, -0.05) is 12.1 Å². The Morgan fingerprint density at radius 3 is 2.84 bits per heavy atom. The molecule has 0 bridgehead atoms. The van der Waals surface area contributed by atoms with Crippen LogP contribution in [0.25, 0.3) is 16.8 Å². The molecule has 3 heterocycles. The van der Waals surface area contributed by atoms with Crippen molar-refractivity contribution >= 4 is 11.6 Å². The molecule has 0 radical (unpaired) electrons. The summed E-state index contributed by atoms with van der Waals surface area (Å²) in [5.74, 6) is 0.0318. The molecular formula is C28H25F3N4O3. The summed E-state index contributed by atoms with van der Waals surface area (Å²) in [6.45, 7) is 3.11. The van der Waals surface area contributed by atoms with Gasteiger partial charge in [0.2, 0.25) is 0 Å². The van der Waals surface area contributed by atoms with E-state index in [2.05, 4.69) is 15.4 Å². The number of aryl methyl sites for hydroxylation is 1. The van der Waals surface area contributed by atoms with Gasteiger partial charge in [0.05, 0.1) is 23.6 Å². The minimum atomic E-state index is -4.53. The van der Waals surface area contributed by atoms with E-state index in [1.165, 1.54) is 12.1 Å². The molecule has 38 heavy (non-hydrogen) atoms. The largest absolute Gasteiger partial charge is 0.490 e. The van der Waals surface area contributed by atoms with Gasteiger partial charge in [0, 0.05) is 47.6 Å². The van der Waals surface area contributed by atoms with Crippen LogP contribution in [-0.2, 0) is 10.9 Å². The first-order valence-electron chi connectivity index (χ1n) is 12.1. The van der Waals surface area contributed by atoms with Crippen LogP contribution in [0, 0.1) is 6.92 Å². The number of halogens is 3. The number of rotatable bonds is 7. The van der Waals surface area contributed by atoms with E-state index in [9.17, 15) is 18.0 Å². The quantitative estimate of drug-likeness (QED) is 0.319. The van der Waals surface area contributed by atoms with Crippen LogP contribution < -0.4 is 10.1 Å². The number of carbonyl (C=O) groups excluding carboxylic acids is 1. The fourth-order valence-corrected chi connectivity index (χ4v) is 4.25. The molecule has 7 nitrogen and oxygen atoms in total. The molecular weight excluding hydrogens is 497 g/mol. The van der Waals surface area contributed by atoms with Crippen LogP contribution >= 0.6 is 0 Å². The van der Waals surface area contributed by atoms with Crippen LogP contribution in [0.1, 0.15) is 34.3 Å². The molecule has 0 spiro atoms. The van der Waals surface area contributed by atoms with Crippen LogP contribution in [0.2, 0.25) is 0 Å². The van der Waals surface area contributed by atoms with Gasteiger partial charge in [-0.3, -0.25) is 9.78 Å². The van der Waals surface area contributed by atoms with E-state index in [0.29, 0.717) is 23.7 Å². The molecule has 1 atom stereocenters. The first-order valence-corrected chi connectivity index (χ1v) is 12.1. The lowest BCUT2D eigenvalue weighted by Crippen LogP contribution is -2.16. The third-order valence-electron chi connectivity index (χ3n) is 6.29. The van der Waals surface area contributed by atoms with E-state index >= 15 is 0 Å². The Labute approximate surface area is 217 Å². The van der Waals surface area contributed by atoms with Crippen molar-refractivity contribution < 1.29 is 27.4 Å². The minimum absolute atomic E-state index is 0.0790. The number of nitrogens with zero attached hydrogens (tertiary/aromatic N) is 3. The Bertz CT molecular complexity index is 1450. The fraction of sp³-hybridized carbons (Fsp3) is 0.250. The second kappa shape index (κ2) is 10.7. The predicted octanol–water partition coefficient (Wildman–Crippen LogP) is 6.07. The van der Waals surface area contributed by atoms with Gasteiger partial charge in [0.15, 0.2) is 0 Å². The molecule has 1 fully saturated rings. The smallest absolute Gasteiger partial charge is 0.416 e. The number of pyridine rings is 1. The number of benzene rings is 2. The van der Waals surface area contributed by atoms with Gasteiger partial charge in [-0.05, 0) is 61.7 Å². The highest BCUT2D eigenvalue weighted by molar-refractivity contribution is 6.04. The number of ether oxygens (including phenoxy) is 2. The van der Waals surface area contributed by atoms with Gasteiger partial charge in [-0.2, -0.15) is 18.3 Å². The average Bonchev–Trinajstić information content (AvgIpc) is 3.61. The van der Waals surface area contributed by atoms with E-state index in [0.717, 1.165) is 48.3 Å². The summed E-state index contributed by atoms with van der Waals surface area (Å²) in [5.41, 5.74) is 2.61. The average molecular weight is 523 g/mol. The van der Waals surface area contributed by atoms with Crippen LogP contribution in [0.15, 0.2) is 73.3 Å². The van der Waals surface area contributed by atoms with Gasteiger partial charge < -0.3 is 14.8 Å². The molecule has 5 rings (SSSR count). The minimum Gasteiger partial charge on any atom is -0.490 e. The molecule has 1 aliphatic rings. The third-order valence-corrected chi connectivity index (χ3v) is 6.29. The molecule has 2 aromatic heterocycles. The second-order valence-electron chi connectivity index (χ2n) is 9.03. The highest BCUT2D eigenvalue weighted by Gasteiger charge is 2.31. The Morgan fingerprint density at radius 1 is 1.18 bits per heavy atom. The number of alkyl halides is 3. The molecule has 1 aliphatic heterocycles. The van der Waals surface area contributed by atoms with Gasteiger partial charge in [-0.15, -0.1) is 0 Å². The number of carbonyl (C=O) groups is 1. The van der Waals surface area contributed by atoms with Gasteiger partial charge in [-0.25, -0.2) is 4.68 Å². The van der Waals surface area contributed by atoms with Crippen molar-refractivity contribution in [3.8, 4) is 22.6 Å². The van der Waals surface area contributed by atoms with Crippen molar-refractivity contribution in [2.24, 2.45) is 0 Å². The summed E-state index contributed by atoms with van der Waals surface area (Å²) < 4.78 is 52.5. The lowest BCUT2D eigenvalue weighted by Gasteiger charge is -2.13. The number of hydrogen-bond acceptors (Lipinski definition) is 5. The maximum Gasteiger partial charge on any atom is 0.416 e. The summed E-state index contributed by atoms with van der Waals surface area (Å²) in [5, 5.41) is 7.17. The molecule has 196 valence electrons. The van der Waals surface area contributed by atoms with E-state index < -0.39 is 17.6 Å². The highest BCUT2D eigenvalue weighted by Crippen LogP contribution is 2.32. The number of anilines is 1. The molecule has 1 unspecified atom stereocenters. The van der Waals surface area contributed by atoms with Crippen LogP contribution in [0.5, 0.6) is 5.75 Å². The Balaban J connectivity index is 1.35. The second-order valence-corrected chi connectivity index (χ2v) is 9.03. The SMILES string of the molecule is Cc1ccc(NC(=O)c2cccc(C(F)(F)F)c2)cc1-n1cc(-c2cnccc2OCC2CCCO2)cn1. The van der Waals surface area contributed by atoms with Gasteiger partial charge in [0.25, 0.3) is 5.91 Å². The fourth-order valence-electron chi connectivity index (χ4n) is 4.25. The molecule has 2 aromatic carbocycles. The Kier molecular flexibility index (Phi) is 7.15. The molecule has 10 heteroatoms. The van der Waals surface area contributed by atoms with Crippen molar-refractivity contribution in [3.63, 3.8) is 0 Å². The highest BCUT2D eigenvalue weighted by atomic mass is 19.4. The summed E-state index contributed by atoms with van der Waals surface area (Å²) in [4.78, 5) is 16.9. The maximum absolute atomic E-state index is 13.0.